The summed E-state index contributed by atoms with van der Waals surface area (Å²) in [6.07, 6.45) is 4.07. The third-order valence-electron chi connectivity index (χ3n) is 15.9. The number of aromatic nitrogens is 3. The highest BCUT2D eigenvalue weighted by Gasteiger charge is 2.26. The lowest BCUT2D eigenvalue weighted by Gasteiger charge is -2.23. The quantitative estimate of drug-likeness (QED) is 0.00868. The predicted octanol–water partition coefficient (Wildman–Crippen LogP) is 9.17. The molecule has 18 heteroatoms. The van der Waals surface area contributed by atoms with E-state index >= 15 is 0 Å². The van der Waals surface area contributed by atoms with E-state index in [9.17, 15) is 14.4 Å². The van der Waals surface area contributed by atoms with Crippen LogP contribution in [0, 0.1) is 20.8 Å². The number of para-hydroxylation sites is 3. The molecule has 0 aliphatic heterocycles. The fraction of sp³-hybridized carbons (Fsp3) is 0.284. The van der Waals surface area contributed by atoms with Crippen LogP contribution in [-0.4, -0.2) is 87.9 Å². The number of ketones is 3. The Bertz CT molecular complexity index is 3440. The van der Waals surface area contributed by atoms with E-state index in [0.717, 1.165) is 100 Å². The normalized spacial score (nSPS) is 12.4. The summed E-state index contributed by atoms with van der Waals surface area (Å²) < 4.78 is 0. The van der Waals surface area contributed by atoms with Crippen LogP contribution < -0.4 is 50.4 Å². The third kappa shape index (κ3) is 15.4. The molecule has 0 aliphatic carbocycles. The zero-order valence-electron chi connectivity index (χ0n) is 48.7. The second kappa shape index (κ2) is 28.0. The Morgan fingerprint density at radius 3 is 0.906 bits per heavy atom. The molecule has 3 atom stereocenters. The van der Waals surface area contributed by atoms with Crippen molar-refractivity contribution >= 4 is 85.0 Å². The van der Waals surface area contributed by atoms with E-state index in [1.165, 1.54) is 0 Å². The summed E-state index contributed by atoms with van der Waals surface area (Å²) in [7, 11) is 0. The molecule has 0 saturated heterocycles. The number of H-pyrrole nitrogens is 3. The summed E-state index contributed by atoms with van der Waals surface area (Å²) in [5.74, 6) is -0.0639. The Labute approximate surface area is 495 Å². The smallest absolute Gasteiger partial charge is 0.185 e. The fourth-order valence-electron chi connectivity index (χ4n) is 11.5. The number of aryl methyl sites for hydroxylation is 3. The lowest BCUT2D eigenvalue weighted by molar-refractivity contribution is -0.120. The molecule has 0 amide bonds. The van der Waals surface area contributed by atoms with E-state index in [2.05, 4.69) is 82.3 Å². The van der Waals surface area contributed by atoms with Gasteiger partial charge in [0, 0.05) is 112 Å². The van der Waals surface area contributed by atoms with E-state index in [1.807, 2.05) is 130 Å². The average molecular weight is 1140 g/mol. The molecule has 9 aromatic rings. The first-order valence-corrected chi connectivity index (χ1v) is 29.1. The molecule has 9 rings (SSSR count). The SMILES string of the molecule is Cc1[nH]c2ccccc2c1CC(=O)[C@@H](CCCN=C(N)N)Nc1ccc(C(c2ccc(N[C@H](CCCN=C(N)N)C(=O)Cc3c(C)[nH]c4ccccc34)cc2)c2ccc(N[C@H](CCCN=C(N)N)C(=O)Cc3c(C)[nH]c4ccccc34)cc2)cc1. The van der Waals surface area contributed by atoms with Crippen LogP contribution in [0.2, 0.25) is 0 Å². The van der Waals surface area contributed by atoms with Gasteiger partial charge in [-0.3, -0.25) is 29.4 Å². The molecular weight excluding hydrogens is 1060 g/mol. The maximum absolute atomic E-state index is 14.4. The zero-order chi connectivity index (χ0) is 60.0. The van der Waals surface area contributed by atoms with Gasteiger partial charge < -0.3 is 65.3 Å². The minimum Gasteiger partial charge on any atom is -0.375 e. The molecule has 0 spiro atoms. The van der Waals surface area contributed by atoms with Crippen LogP contribution in [-0.2, 0) is 33.6 Å². The van der Waals surface area contributed by atoms with Gasteiger partial charge in [0.05, 0.1) is 18.1 Å². The van der Waals surface area contributed by atoms with Crippen LogP contribution in [0.3, 0.4) is 0 Å². The monoisotopic (exact) mass is 1140 g/mol. The number of carbonyl (C=O) groups is 3. The van der Waals surface area contributed by atoms with Gasteiger partial charge in [-0.15, -0.1) is 0 Å². The largest absolute Gasteiger partial charge is 0.375 e. The molecule has 0 saturated carbocycles. The third-order valence-corrected chi connectivity index (χ3v) is 15.9. The van der Waals surface area contributed by atoms with Gasteiger partial charge in [-0.2, -0.15) is 0 Å². The minimum atomic E-state index is -0.522. The molecule has 85 heavy (non-hydrogen) atoms. The topological polar surface area (TPSA) is 328 Å². The first-order chi connectivity index (χ1) is 41.1. The second-order valence-corrected chi connectivity index (χ2v) is 22.0. The van der Waals surface area contributed by atoms with Crippen molar-refractivity contribution in [2.75, 3.05) is 35.6 Å². The number of aliphatic imine (C=N–C) groups is 3. The van der Waals surface area contributed by atoms with Gasteiger partial charge in [-0.1, -0.05) is 91.0 Å². The van der Waals surface area contributed by atoms with Gasteiger partial charge in [0.2, 0.25) is 0 Å². The van der Waals surface area contributed by atoms with E-state index in [1.54, 1.807) is 0 Å². The van der Waals surface area contributed by atoms with Crippen LogP contribution in [0.25, 0.3) is 32.7 Å². The lowest BCUT2D eigenvalue weighted by atomic mass is 9.85. The van der Waals surface area contributed by atoms with E-state index in [-0.39, 0.29) is 60.4 Å². The first kappa shape index (κ1) is 59.8. The summed E-state index contributed by atoms with van der Waals surface area (Å²) in [4.78, 5) is 65.9. The number of rotatable bonds is 30. The standard InChI is InChI=1S/C67H79N15O3/c1-40-52(49-13-4-7-16-55(49)77-40)37-61(83)58(19-10-34-74-65(68)69)80-46-28-22-43(23-29-46)64(44-24-30-47(31-25-44)81-59(20-11-35-75-66(70)71)62(84)38-53-41(2)78-56-17-8-5-14-50(53)56)45-26-32-48(33-27-45)82-60(21-12-36-76-67(72)73)63(85)39-54-42(3)79-57-18-9-6-15-51(54)57/h4-9,13-18,22-33,58-60,64,77-82H,10-12,19-21,34-39H2,1-3H3,(H4,68,69,74)(H4,70,71,75)(H4,72,73,76)/t58-,59-,60-/m1/s1. The number of guanidine groups is 3. The van der Waals surface area contributed by atoms with Gasteiger partial charge in [-0.25, -0.2) is 0 Å². The van der Waals surface area contributed by atoms with Crippen molar-refractivity contribution in [2.24, 2.45) is 49.4 Å². The van der Waals surface area contributed by atoms with Crippen LogP contribution >= 0.6 is 0 Å². The van der Waals surface area contributed by atoms with Gasteiger partial charge in [0.25, 0.3) is 0 Å². The highest BCUT2D eigenvalue weighted by molar-refractivity contribution is 5.96. The van der Waals surface area contributed by atoms with Crippen molar-refractivity contribution in [2.45, 2.75) is 103 Å². The summed E-state index contributed by atoms with van der Waals surface area (Å²) in [5, 5.41) is 13.8. The van der Waals surface area contributed by atoms with Crippen LogP contribution in [0.4, 0.5) is 17.1 Å². The Morgan fingerprint density at radius 1 is 0.388 bits per heavy atom. The van der Waals surface area contributed by atoms with Crippen LogP contribution in [0.15, 0.2) is 161 Å². The van der Waals surface area contributed by atoms with Gasteiger partial charge >= 0.3 is 0 Å². The molecule has 18 N–H and O–H groups in total. The molecule has 0 fully saturated rings. The lowest BCUT2D eigenvalue weighted by Crippen LogP contribution is -2.31. The zero-order valence-corrected chi connectivity index (χ0v) is 48.7. The molecule has 440 valence electrons. The first-order valence-electron chi connectivity index (χ1n) is 29.1. The summed E-state index contributed by atoms with van der Waals surface area (Å²) in [6, 6.07) is 47.2. The van der Waals surface area contributed by atoms with Gasteiger partial charge in [0.1, 0.15) is 0 Å². The fourth-order valence-corrected chi connectivity index (χ4v) is 11.5. The number of nitrogens with one attached hydrogen (secondary N) is 6. The van der Waals surface area contributed by atoms with Crippen molar-refractivity contribution in [1.29, 1.82) is 0 Å². The summed E-state index contributed by atoms with van der Waals surface area (Å²) in [6.45, 7) is 7.19. The average Bonchev–Trinajstić information content (AvgIpc) is 4.21. The van der Waals surface area contributed by atoms with E-state index in [4.69, 9.17) is 34.4 Å². The van der Waals surface area contributed by atoms with E-state index in [0.29, 0.717) is 58.2 Å². The van der Waals surface area contributed by atoms with Crippen molar-refractivity contribution < 1.29 is 14.4 Å². The highest BCUT2D eigenvalue weighted by Crippen LogP contribution is 2.35. The number of aromatic amines is 3. The van der Waals surface area contributed by atoms with Crippen molar-refractivity contribution in [3.63, 3.8) is 0 Å². The van der Waals surface area contributed by atoms with Crippen molar-refractivity contribution in [3.05, 3.63) is 196 Å². The molecule has 0 radical (unpaired) electrons. The minimum absolute atomic E-state index is 0.0117. The van der Waals surface area contributed by atoms with Gasteiger partial charge in [-0.05, 0) is 147 Å². The number of fused-ring (bicyclic) bond motifs is 3. The number of hydrogen-bond acceptors (Lipinski definition) is 9. The number of Topliss-reactive ketones (excluding diaryl/α,β-unsaturated/α-hetero) is 3. The van der Waals surface area contributed by atoms with Crippen molar-refractivity contribution in [3.8, 4) is 0 Å². The Morgan fingerprint density at radius 2 is 0.647 bits per heavy atom. The molecular formula is C67H79N15O3. The summed E-state index contributed by atoms with van der Waals surface area (Å²) in [5.41, 5.74) is 48.2. The maximum atomic E-state index is 14.4. The molecule has 18 nitrogen and oxygen atoms in total. The Hall–Kier alpha value is -9.84. The highest BCUT2D eigenvalue weighted by atomic mass is 16.1. The molecule has 3 heterocycles. The molecule has 3 aromatic heterocycles. The number of carbonyl (C=O) groups excluding carboxylic acids is 3. The van der Waals surface area contributed by atoms with Crippen LogP contribution in [0.1, 0.15) is 94.9 Å². The molecule has 0 bridgehead atoms. The number of nitrogens with two attached hydrogens (primary N) is 6. The van der Waals surface area contributed by atoms with E-state index < -0.39 is 18.1 Å². The number of anilines is 3. The maximum Gasteiger partial charge on any atom is 0.185 e. The molecule has 0 aliphatic rings. The van der Waals surface area contributed by atoms with Gasteiger partial charge in [0.15, 0.2) is 35.2 Å². The molecule has 0 unspecified atom stereocenters. The second-order valence-electron chi connectivity index (χ2n) is 22.0. The number of benzene rings is 6. The van der Waals surface area contributed by atoms with Crippen LogP contribution in [0.5, 0.6) is 0 Å². The predicted molar refractivity (Wildman–Crippen MR) is 347 cm³/mol. The molecule has 6 aromatic carbocycles. The Balaban J connectivity index is 1.00. The Kier molecular flexibility index (Phi) is 19.7. The number of hydrogen-bond donors (Lipinski definition) is 12. The van der Waals surface area contributed by atoms with Crippen molar-refractivity contribution in [1.82, 2.24) is 15.0 Å². The summed E-state index contributed by atoms with van der Waals surface area (Å²) >= 11 is 0. The number of nitrogens with zero attached hydrogens (tertiary/aromatic N) is 3.